The van der Waals surface area contributed by atoms with Crippen molar-refractivity contribution < 1.29 is 24.9 Å². The number of aliphatic carboxylic acids is 2. The van der Waals surface area contributed by atoms with Gasteiger partial charge < -0.3 is 15.3 Å². The van der Waals surface area contributed by atoms with Crippen LogP contribution in [0, 0.1) is 0 Å². The number of hydrogen-bond donors (Lipinski definition) is 3. The van der Waals surface area contributed by atoms with Gasteiger partial charge in [-0.25, -0.2) is 9.59 Å². The van der Waals surface area contributed by atoms with Crippen LogP contribution in [0.1, 0.15) is 12.0 Å². The van der Waals surface area contributed by atoms with E-state index in [9.17, 15) is 5.11 Å². The van der Waals surface area contributed by atoms with Crippen molar-refractivity contribution in [2.45, 2.75) is 23.8 Å². The zero-order valence-electron chi connectivity index (χ0n) is 16.5. The van der Waals surface area contributed by atoms with E-state index in [-0.39, 0.29) is 6.10 Å². The van der Waals surface area contributed by atoms with Crippen molar-refractivity contribution in [3.05, 3.63) is 83.6 Å². The summed E-state index contributed by atoms with van der Waals surface area (Å²) in [5.74, 6) is -2.96. The van der Waals surface area contributed by atoms with E-state index in [0.29, 0.717) is 5.75 Å². The number of benzene rings is 2. The van der Waals surface area contributed by atoms with E-state index in [4.69, 9.17) is 31.4 Å². The number of thioether (sulfide) groups is 1. The molecular weight excluding hydrogens is 438 g/mol. The summed E-state index contributed by atoms with van der Waals surface area (Å²) in [6.45, 7) is 0. The summed E-state index contributed by atoms with van der Waals surface area (Å²) < 4.78 is 0. The van der Waals surface area contributed by atoms with E-state index >= 15 is 0 Å². The molecule has 0 bridgehead atoms. The van der Waals surface area contributed by atoms with Gasteiger partial charge in [0.25, 0.3) is 0 Å². The van der Waals surface area contributed by atoms with Crippen molar-refractivity contribution in [1.82, 2.24) is 4.98 Å². The Morgan fingerprint density at radius 1 is 0.968 bits per heavy atom. The molecule has 1 aromatic heterocycles. The van der Waals surface area contributed by atoms with E-state index in [1.54, 1.807) is 18.0 Å². The first-order chi connectivity index (χ1) is 14.8. The summed E-state index contributed by atoms with van der Waals surface area (Å²) >= 11 is 7.73. The molecule has 162 valence electrons. The highest BCUT2D eigenvalue weighted by atomic mass is 35.5. The maximum absolute atomic E-state index is 10.2. The highest BCUT2D eigenvalue weighted by Gasteiger charge is 2.07. The molecule has 2 aromatic carbocycles. The highest BCUT2D eigenvalue weighted by Crippen LogP contribution is 2.26. The van der Waals surface area contributed by atoms with E-state index in [2.05, 4.69) is 35.3 Å². The van der Waals surface area contributed by atoms with Gasteiger partial charge in [-0.05, 0) is 59.9 Å². The summed E-state index contributed by atoms with van der Waals surface area (Å²) in [7, 11) is 0. The summed E-state index contributed by atoms with van der Waals surface area (Å²) in [4.78, 5) is 23.5. The van der Waals surface area contributed by atoms with Crippen LogP contribution in [0.2, 0.25) is 5.02 Å². The molecule has 3 rings (SSSR count). The third kappa shape index (κ3) is 9.21. The Hall–Kier alpha value is -2.87. The molecule has 8 heteroatoms. The van der Waals surface area contributed by atoms with Gasteiger partial charge in [0.2, 0.25) is 0 Å². The van der Waals surface area contributed by atoms with Crippen LogP contribution in [-0.2, 0) is 16.0 Å². The Bertz CT molecular complexity index is 971. The Morgan fingerprint density at radius 3 is 2.26 bits per heavy atom. The predicted molar refractivity (Wildman–Crippen MR) is 121 cm³/mol. The number of aryl methyl sites for hydroxylation is 1. The first-order valence-electron chi connectivity index (χ1n) is 9.37. The zero-order chi connectivity index (χ0) is 22.6. The number of nitrogens with zero attached hydrogens (tertiary/aromatic N) is 1. The third-order valence-electron chi connectivity index (χ3n) is 4.13. The van der Waals surface area contributed by atoms with Gasteiger partial charge >= 0.3 is 11.9 Å². The van der Waals surface area contributed by atoms with Crippen molar-refractivity contribution in [2.24, 2.45) is 0 Å². The molecule has 0 aliphatic rings. The van der Waals surface area contributed by atoms with Gasteiger partial charge in [0.05, 0.1) is 6.10 Å². The highest BCUT2D eigenvalue weighted by molar-refractivity contribution is 7.99. The van der Waals surface area contributed by atoms with Crippen LogP contribution in [-0.4, -0.2) is 44.1 Å². The number of carboxylic acid groups (broad SMARTS) is 2. The Kier molecular flexibility index (Phi) is 10.0. The minimum absolute atomic E-state index is 0.321. The van der Waals surface area contributed by atoms with Crippen LogP contribution in [0.5, 0.6) is 0 Å². The van der Waals surface area contributed by atoms with E-state index in [1.165, 1.54) is 0 Å². The van der Waals surface area contributed by atoms with Gasteiger partial charge in [-0.15, -0.1) is 11.8 Å². The quantitative estimate of drug-likeness (QED) is 0.349. The molecule has 0 aliphatic carbocycles. The molecule has 0 amide bonds. The smallest absolute Gasteiger partial charge is 0.414 e. The number of aliphatic hydroxyl groups is 1. The van der Waals surface area contributed by atoms with Crippen LogP contribution in [0.3, 0.4) is 0 Å². The van der Waals surface area contributed by atoms with Gasteiger partial charge in [0.15, 0.2) is 0 Å². The Labute approximate surface area is 189 Å². The lowest BCUT2D eigenvalue weighted by molar-refractivity contribution is -0.159. The molecule has 0 unspecified atom stereocenters. The lowest BCUT2D eigenvalue weighted by atomic mass is 10.1. The zero-order valence-corrected chi connectivity index (χ0v) is 18.1. The van der Waals surface area contributed by atoms with Gasteiger partial charge in [-0.3, -0.25) is 4.98 Å². The molecule has 0 saturated heterocycles. The number of halogens is 1. The number of aliphatic hydroxyl groups excluding tert-OH is 1. The molecule has 1 atom stereocenters. The van der Waals surface area contributed by atoms with Crippen molar-refractivity contribution in [1.29, 1.82) is 0 Å². The number of carboxylic acids is 2. The Morgan fingerprint density at radius 2 is 1.68 bits per heavy atom. The van der Waals surface area contributed by atoms with Crippen LogP contribution in [0.25, 0.3) is 11.1 Å². The fraction of sp³-hybridized carbons (Fsp3) is 0.174. The van der Waals surface area contributed by atoms with E-state index < -0.39 is 11.9 Å². The van der Waals surface area contributed by atoms with Gasteiger partial charge in [0.1, 0.15) is 0 Å². The summed E-state index contributed by atoms with van der Waals surface area (Å²) in [5, 5.41) is 25.7. The average molecular weight is 460 g/mol. The van der Waals surface area contributed by atoms with Crippen LogP contribution < -0.4 is 0 Å². The van der Waals surface area contributed by atoms with Gasteiger partial charge in [-0.1, -0.05) is 41.9 Å². The van der Waals surface area contributed by atoms with Gasteiger partial charge in [-0.2, -0.15) is 0 Å². The molecule has 3 N–H and O–H groups in total. The lowest BCUT2D eigenvalue weighted by Crippen LogP contribution is -2.11. The van der Waals surface area contributed by atoms with Crippen LogP contribution >= 0.6 is 23.4 Å². The molecule has 0 spiro atoms. The molecular formula is C23H22ClNO5S. The number of rotatable bonds is 7. The van der Waals surface area contributed by atoms with Crippen molar-refractivity contribution in [3.63, 3.8) is 0 Å². The minimum Gasteiger partial charge on any atom is -0.473 e. The SMILES string of the molecule is O=C(O)C(=O)O.O[C@@H](CCc1cccnc1)CSc1ccc(-c2cccc(Cl)c2)cc1. The first-order valence-corrected chi connectivity index (χ1v) is 10.7. The van der Waals surface area contributed by atoms with Gasteiger partial charge in [0, 0.05) is 28.1 Å². The molecule has 0 aliphatic heterocycles. The monoisotopic (exact) mass is 459 g/mol. The molecule has 31 heavy (non-hydrogen) atoms. The summed E-state index contributed by atoms with van der Waals surface area (Å²) in [6, 6.07) is 20.2. The normalized spacial score (nSPS) is 11.2. The summed E-state index contributed by atoms with van der Waals surface area (Å²) in [5.41, 5.74) is 3.42. The predicted octanol–water partition coefficient (Wildman–Crippen LogP) is 4.64. The maximum Gasteiger partial charge on any atom is 0.414 e. The standard InChI is InChI=1S/C21H20ClNOS.C2H2O4/c22-19-5-1-4-18(13-19)17-7-10-21(11-8-17)25-15-20(24)9-6-16-3-2-12-23-14-16;3-1(4)2(5)6/h1-5,7-8,10-14,20,24H,6,9,15H2;(H,3,4)(H,5,6)/t20-;/m0./s1. The number of hydrogen-bond acceptors (Lipinski definition) is 5. The minimum atomic E-state index is -1.82. The largest absolute Gasteiger partial charge is 0.473 e. The topological polar surface area (TPSA) is 108 Å². The van der Waals surface area contributed by atoms with E-state index in [1.807, 2.05) is 36.5 Å². The van der Waals surface area contributed by atoms with Crippen LogP contribution in [0.4, 0.5) is 0 Å². The molecule has 3 aromatic rings. The number of aromatic nitrogens is 1. The molecule has 0 radical (unpaired) electrons. The van der Waals surface area contributed by atoms with Crippen molar-refractivity contribution in [3.8, 4) is 11.1 Å². The fourth-order valence-corrected chi connectivity index (χ4v) is 3.64. The van der Waals surface area contributed by atoms with Crippen molar-refractivity contribution >= 4 is 35.3 Å². The molecule has 6 nitrogen and oxygen atoms in total. The number of pyridine rings is 1. The molecule has 0 fully saturated rings. The lowest BCUT2D eigenvalue weighted by Gasteiger charge is -2.10. The second kappa shape index (κ2) is 12.7. The second-order valence-corrected chi connectivity index (χ2v) is 8.04. The first kappa shape index (κ1) is 24.4. The number of carbonyl (C=O) groups is 2. The maximum atomic E-state index is 10.2. The average Bonchev–Trinajstić information content (AvgIpc) is 2.77. The van der Waals surface area contributed by atoms with Crippen molar-refractivity contribution in [2.75, 3.05) is 5.75 Å². The fourth-order valence-electron chi connectivity index (χ4n) is 2.57. The van der Waals surface area contributed by atoms with E-state index in [0.717, 1.165) is 39.5 Å². The summed E-state index contributed by atoms with van der Waals surface area (Å²) in [6.07, 6.45) is 4.90. The molecule has 0 saturated carbocycles. The second-order valence-electron chi connectivity index (χ2n) is 6.51. The molecule has 1 heterocycles. The van der Waals surface area contributed by atoms with Crippen LogP contribution in [0.15, 0.2) is 78.0 Å². The third-order valence-corrected chi connectivity index (χ3v) is 5.52. The Balaban J connectivity index is 0.000000501.